The van der Waals surface area contributed by atoms with Crippen LogP contribution in [0.4, 0.5) is 0 Å². The van der Waals surface area contributed by atoms with E-state index in [1.807, 2.05) is 103 Å². The van der Waals surface area contributed by atoms with Crippen LogP contribution in [0.5, 0.6) is 0 Å². The topological polar surface area (TPSA) is 62.2 Å². The number of fused-ring (bicyclic) bond motifs is 1. The van der Waals surface area contributed by atoms with Gasteiger partial charge in [0.1, 0.15) is 0 Å². The summed E-state index contributed by atoms with van der Waals surface area (Å²) in [5.74, 6) is -0.417. The number of aliphatic imine (C=N–C) groups is 1. The Morgan fingerprint density at radius 2 is 1.72 bits per heavy atom. The smallest absolute Gasteiger partial charge is 0.338 e. The molecule has 0 fully saturated rings. The Bertz CT molecular complexity index is 1460. The van der Waals surface area contributed by atoms with Crippen molar-refractivity contribution in [1.82, 2.24) is 9.80 Å². The number of carbonyl (C=O) groups excluding carboxylic acids is 2. The van der Waals surface area contributed by atoms with Crippen LogP contribution in [0.25, 0.3) is 5.70 Å². The summed E-state index contributed by atoms with van der Waals surface area (Å²) in [6.07, 6.45) is 0.189. The Morgan fingerprint density at radius 3 is 2.41 bits per heavy atom. The van der Waals surface area contributed by atoms with Crippen molar-refractivity contribution in [2.45, 2.75) is 32.9 Å². The van der Waals surface area contributed by atoms with Crippen molar-refractivity contribution in [3.63, 3.8) is 0 Å². The molecule has 1 amide bonds. The third-order valence-electron chi connectivity index (χ3n) is 6.73. The molecule has 39 heavy (non-hydrogen) atoms. The van der Waals surface area contributed by atoms with E-state index < -0.39 is 12.0 Å². The summed E-state index contributed by atoms with van der Waals surface area (Å²) in [7, 11) is 1.82. The molecule has 0 N–H and O–H groups in total. The first-order chi connectivity index (χ1) is 19.0. The summed E-state index contributed by atoms with van der Waals surface area (Å²) in [6, 6.07) is 27.3. The van der Waals surface area contributed by atoms with Gasteiger partial charge in [-0.15, -0.1) is 0 Å². The number of nitrogens with zero attached hydrogens (tertiary/aromatic N) is 3. The van der Waals surface area contributed by atoms with Gasteiger partial charge in [-0.25, -0.2) is 9.79 Å². The van der Waals surface area contributed by atoms with Crippen LogP contribution in [0.15, 0.2) is 107 Å². The zero-order valence-corrected chi connectivity index (χ0v) is 23.2. The molecule has 0 saturated carbocycles. The van der Waals surface area contributed by atoms with Gasteiger partial charge in [-0.05, 0) is 30.4 Å². The van der Waals surface area contributed by atoms with Crippen LogP contribution in [-0.4, -0.2) is 40.5 Å². The standard InChI is InChI=1S/C32H31N3O3S/c1-4-38-31(37)28-29(24-15-9-6-10-16-24)33-32-35(30(28)25-17-11-12-22(2)18-25)26(21-39-32)19-27(36)34(3)20-23-13-7-5-8-14-23/h5-18,21,30H,4,19-20H2,1-3H3. The summed E-state index contributed by atoms with van der Waals surface area (Å²) in [4.78, 5) is 35.7. The molecule has 0 aliphatic carbocycles. The summed E-state index contributed by atoms with van der Waals surface area (Å²) in [6.45, 7) is 4.61. The predicted molar refractivity (Wildman–Crippen MR) is 156 cm³/mol. The van der Waals surface area contributed by atoms with Gasteiger partial charge in [0.2, 0.25) is 5.91 Å². The van der Waals surface area contributed by atoms with E-state index >= 15 is 0 Å². The second kappa shape index (κ2) is 11.7. The van der Waals surface area contributed by atoms with Crippen LogP contribution >= 0.6 is 11.8 Å². The third kappa shape index (κ3) is 5.68. The highest BCUT2D eigenvalue weighted by atomic mass is 32.2. The normalized spacial score (nSPS) is 16.4. The zero-order chi connectivity index (χ0) is 27.4. The maximum Gasteiger partial charge on any atom is 0.338 e. The maximum atomic E-state index is 13.6. The molecule has 2 heterocycles. The van der Waals surface area contributed by atoms with Crippen LogP contribution in [0.3, 0.4) is 0 Å². The Labute approximate surface area is 233 Å². The van der Waals surface area contributed by atoms with Crippen molar-refractivity contribution in [1.29, 1.82) is 0 Å². The van der Waals surface area contributed by atoms with E-state index in [0.717, 1.165) is 33.1 Å². The van der Waals surface area contributed by atoms with Crippen molar-refractivity contribution >= 4 is 34.5 Å². The highest BCUT2D eigenvalue weighted by molar-refractivity contribution is 8.16. The van der Waals surface area contributed by atoms with Crippen molar-refractivity contribution in [3.8, 4) is 0 Å². The number of rotatable bonds is 8. The molecule has 0 saturated heterocycles. The van der Waals surface area contributed by atoms with Gasteiger partial charge in [-0.2, -0.15) is 0 Å². The molecule has 1 unspecified atom stereocenters. The van der Waals surface area contributed by atoms with Gasteiger partial charge < -0.3 is 14.5 Å². The molecule has 7 heteroatoms. The fourth-order valence-corrected chi connectivity index (χ4v) is 5.80. The Morgan fingerprint density at radius 1 is 1.00 bits per heavy atom. The fourth-order valence-electron chi connectivity index (χ4n) is 4.88. The van der Waals surface area contributed by atoms with Gasteiger partial charge >= 0.3 is 5.97 Å². The minimum absolute atomic E-state index is 0.00883. The lowest BCUT2D eigenvalue weighted by Gasteiger charge is -2.37. The minimum atomic E-state index is -0.486. The van der Waals surface area contributed by atoms with Crippen LogP contribution in [0.1, 0.15) is 41.6 Å². The minimum Gasteiger partial charge on any atom is -0.463 e. The third-order valence-corrected chi connectivity index (χ3v) is 7.62. The Balaban J connectivity index is 1.55. The van der Waals surface area contributed by atoms with E-state index in [0.29, 0.717) is 17.8 Å². The van der Waals surface area contributed by atoms with E-state index in [9.17, 15) is 9.59 Å². The lowest BCUT2D eigenvalue weighted by atomic mass is 9.90. The number of ether oxygens (including phenoxy) is 1. The first-order valence-corrected chi connectivity index (χ1v) is 13.9. The fraction of sp³-hybridized carbons (Fsp3) is 0.219. The van der Waals surface area contributed by atoms with E-state index in [-0.39, 0.29) is 18.9 Å². The maximum absolute atomic E-state index is 13.6. The first-order valence-electron chi connectivity index (χ1n) is 13.0. The van der Waals surface area contributed by atoms with E-state index in [1.165, 1.54) is 11.8 Å². The lowest BCUT2D eigenvalue weighted by Crippen LogP contribution is -2.38. The van der Waals surface area contributed by atoms with Crippen molar-refractivity contribution in [2.75, 3.05) is 13.7 Å². The lowest BCUT2D eigenvalue weighted by molar-refractivity contribution is -0.139. The molecule has 198 valence electrons. The molecule has 0 bridgehead atoms. The van der Waals surface area contributed by atoms with Crippen molar-refractivity contribution in [2.24, 2.45) is 4.99 Å². The number of esters is 1. The predicted octanol–water partition coefficient (Wildman–Crippen LogP) is 6.32. The second-order valence-electron chi connectivity index (χ2n) is 9.57. The first kappa shape index (κ1) is 26.5. The quantitative estimate of drug-likeness (QED) is 0.315. The summed E-state index contributed by atoms with van der Waals surface area (Å²) in [5, 5.41) is 2.72. The van der Waals surface area contributed by atoms with E-state index in [4.69, 9.17) is 9.73 Å². The molecule has 5 rings (SSSR count). The molecule has 1 atom stereocenters. The number of benzene rings is 3. The van der Waals surface area contributed by atoms with Crippen molar-refractivity contribution < 1.29 is 14.3 Å². The van der Waals surface area contributed by atoms with Gasteiger partial charge in [0, 0.05) is 24.9 Å². The van der Waals surface area contributed by atoms with Gasteiger partial charge in [-0.1, -0.05) is 102 Å². The molecule has 3 aromatic rings. The molecule has 0 spiro atoms. The highest BCUT2D eigenvalue weighted by Gasteiger charge is 2.42. The molecular formula is C32H31N3O3S. The molecule has 6 nitrogen and oxygen atoms in total. The van der Waals surface area contributed by atoms with E-state index in [1.54, 1.807) is 11.8 Å². The molecule has 0 aromatic heterocycles. The highest BCUT2D eigenvalue weighted by Crippen LogP contribution is 2.47. The average molecular weight is 538 g/mol. The zero-order valence-electron chi connectivity index (χ0n) is 22.3. The number of carbonyl (C=O) groups is 2. The van der Waals surface area contributed by atoms with Crippen LogP contribution in [-0.2, 0) is 20.9 Å². The van der Waals surface area contributed by atoms with E-state index in [2.05, 4.69) is 6.07 Å². The van der Waals surface area contributed by atoms with Gasteiger partial charge in [0.05, 0.1) is 30.3 Å². The molecule has 0 radical (unpaired) electrons. The molecule has 2 aliphatic heterocycles. The largest absolute Gasteiger partial charge is 0.463 e. The summed E-state index contributed by atoms with van der Waals surface area (Å²) < 4.78 is 5.59. The number of hydrogen-bond donors (Lipinski definition) is 0. The Hall–Kier alpha value is -4.10. The van der Waals surface area contributed by atoms with Crippen LogP contribution < -0.4 is 0 Å². The van der Waals surface area contributed by atoms with Crippen LogP contribution in [0, 0.1) is 6.92 Å². The number of aryl methyl sites for hydroxylation is 1. The average Bonchev–Trinajstić information content (AvgIpc) is 3.35. The van der Waals surface area contributed by atoms with Crippen LogP contribution in [0.2, 0.25) is 0 Å². The molecular weight excluding hydrogens is 506 g/mol. The van der Waals surface area contributed by atoms with Gasteiger partial charge in [0.25, 0.3) is 0 Å². The van der Waals surface area contributed by atoms with Gasteiger partial charge in [0.15, 0.2) is 5.17 Å². The number of amides is 1. The second-order valence-corrected chi connectivity index (χ2v) is 10.4. The number of amidine groups is 1. The monoisotopic (exact) mass is 537 g/mol. The summed E-state index contributed by atoms with van der Waals surface area (Å²) >= 11 is 1.48. The SMILES string of the molecule is CCOC(=O)C1=C(c2ccccc2)N=C2SC=C(CC(=O)N(C)Cc3ccccc3)N2C1c1cccc(C)c1. The molecule has 2 aliphatic rings. The Kier molecular flexibility index (Phi) is 7.98. The number of thioether (sulfide) groups is 1. The van der Waals surface area contributed by atoms with Gasteiger partial charge in [-0.3, -0.25) is 4.79 Å². The number of hydrogen-bond acceptors (Lipinski definition) is 6. The molecule has 3 aromatic carbocycles. The summed E-state index contributed by atoms with van der Waals surface area (Å²) in [5.41, 5.74) is 5.81. The van der Waals surface area contributed by atoms with Crippen molar-refractivity contribution in [3.05, 3.63) is 124 Å².